The Morgan fingerprint density at radius 2 is 1.85 bits per heavy atom. The quantitative estimate of drug-likeness (QED) is 0.469. The van der Waals surface area contributed by atoms with Crippen LogP contribution in [0.5, 0.6) is 0 Å². The molecule has 0 amide bonds. The smallest absolute Gasteiger partial charge is 0.354 e. The topological polar surface area (TPSA) is 46.6 Å². The van der Waals surface area contributed by atoms with Crippen molar-refractivity contribution >= 4 is 11.8 Å². The maximum Gasteiger partial charge on any atom is 0.354 e. The van der Waals surface area contributed by atoms with Gasteiger partial charge in [0.1, 0.15) is 5.70 Å². The van der Waals surface area contributed by atoms with Crippen molar-refractivity contribution in [2.24, 2.45) is 0 Å². The molecule has 0 unspecified atom stereocenters. The van der Waals surface area contributed by atoms with Crippen molar-refractivity contribution in [3.63, 3.8) is 0 Å². The molecule has 1 fully saturated rings. The second kappa shape index (κ2) is 6.89. The molecule has 1 aliphatic heterocycles. The van der Waals surface area contributed by atoms with Gasteiger partial charge < -0.3 is 9.64 Å². The number of nitrogens with zero attached hydrogens (tertiary/aromatic N) is 1. The monoisotopic (exact) mass is 273 g/mol. The molecule has 4 heteroatoms. The molecule has 20 heavy (non-hydrogen) atoms. The number of likely N-dealkylation sites (tertiary alicyclic amines) is 1. The number of allylic oxidation sites excluding steroid dienone is 1. The van der Waals surface area contributed by atoms with Gasteiger partial charge in [0.25, 0.3) is 0 Å². The number of hydrogen-bond acceptors (Lipinski definition) is 4. The Hall–Kier alpha value is -2.10. The Morgan fingerprint density at radius 3 is 2.45 bits per heavy atom. The maximum absolute atomic E-state index is 12.2. The van der Waals surface area contributed by atoms with Gasteiger partial charge in [-0.2, -0.15) is 0 Å². The first kappa shape index (κ1) is 14.3. The minimum absolute atomic E-state index is 0.166. The molecular formula is C16H19NO3. The van der Waals surface area contributed by atoms with Crippen molar-refractivity contribution in [2.75, 3.05) is 19.7 Å². The van der Waals surface area contributed by atoms with Gasteiger partial charge in [-0.3, -0.25) is 4.79 Å². The Morgan fingerprint density at radius 1 is 1.20 bits per heavy atom. The lowest BCUT2D eigenvalue weighted by Gasteiger charge is -2.19. The first-order valence-electron chi connectivity index (χ1n) is 6.95. The summed E-state index contributed by atoms with van der Waals surface area (Å²) in [7, 11) is 0. The number of benzene rings is 1. The zero-order chi connectivity index (χ0) is 14.4. The molecule has 2 rings (SSSR count). The van der Waals surface area contributed by atoms with Gasteiger partial charge in [0, 0.05) is 24.7 Å². The molecule has 1 heterocycles. The third-order valence-corrected chi connectivity index (χ3v) is 3.26. The van der Waals surface area contributed by atoms with Crippen molar-refractivity contribution in [2.45, 2.75) is 19.8 Å². The van der Waals surface area contributed by atoms with Crippen molar-refractivity contribution in [1.29, 1.82) is 0 Å². The van der Waals surface area contributed by atoms with Crippen molar-refractivity contribution < 1.29 is 14.3 Å². The van der Waals surface area contributed by atoms with Crippen LogP contribution in [0.4, 0.5) is 0 Å². The molecule has 1 aromatic carbocycles. The maximum atomic E-state index is 12.2. The van der Waals surface area contributed by atoms with Crippen molar-refractivity contribution in [1.82, 2.24) is 4.90 Å². The van der Waals surface area contributed by atoms with Crippen LogP contribution in [0.3, 0.4) is 0 Å². The van der Waals surface area contributed by atoms with E-state index in [0.29, 0.717) is 17.9 Å². The van der Waals surface area contributed by atoms with Gasteiger partial charge in [0.2, 0.25) is 0 Å². The first-order chi connectivity index (χ1) is 9.72. The highest BCUT2D eigenvalue weighted by molar-refractivity contribution is 6.08. The second-order valence-electron chi connectivity index (χ2n) is 4.67. The van der Waals surface area contributed by atoms with Gasteiger partial charge in [-0.15, -0.1) is 0 Å². The summed E-state index contributed by atoms with van der Waals surface area (Å²) < 4.78 is 5.05. The van der Waals surface area contributed by atoms with Crippen LogP contribution in [-0.2, 0) is 9.53 Å². The molecule has 0 saturated carbocycles. The van der Waals surface area contributed by atoms with Crippen LogP contribution in [0.25, 0.3) is 0 Å². The Labute approximate surface area is 119 Å². The predicted octanol–water partition coefficient (Wildman–Crippen LogP) is 2.41. The summed E-state index contributed by atoms with van der Waals surface area (Å²) in [5.41, 5.74) is 0.951. The van der Waals surface area contributed by atoms with E-state index in [1.807, 2.05) is 11.0 Å². The SMILES string of the molecule is CCOC(=O)/C(=C\C(=O)c1ccccc1)N1CCCC1. The van der Waals surface area contributed by atoms with E-state index in [4.69, 9.17) is 4.74 Å². The average molecular weight is 273 g/mol. The van der Waals surface area contributed by atoms with E-state index in [2.05, 4.69) is 0 Å². The zero-order valence-electron chi connectivity index (χ0n) is 11.7. The van der Waals surface area contributed by atoms with Crippen LogP contribution in [0.15, 0.2) is 42.1 Å². The summed E-state index contributed by atoms with van der Waals surface area (Å²) >= 11 is 0. The molecule has 0 N–H and O–H groups in total. The van der Waals surface area contributed by atoms with Gasteiger partial charge in [-0.05, 0) is 19.8 Å². The molecule has 4 nitrogen and oxygen atoms in total. The third kappa shape index (κ3) is 3.47. The molecule has 0 aromatic heterocycles. The number of esters is 1. The fourth-order valence-corrected chi connectivity index (χ4v) is 2.25. The summed E-state index contributed by atoms with van der Waals surface area (Å²) in [4.78, 5) is 26.2. The number of rotatable bonds is 5. The van der Waals surface area contributed by atoms with E-state index in [0.717, 1.165) is 25.9 Å². The predicted molar refractivity (Wildman–Crippen MR) is 76.3 cm³/mol. The minimum Gasteiger partial charge on any atom is -0.461 e. The van der Waals surface area contributed by atoms with Gasteiger partial charge in [-0.25, -0.2) is 4.79 Å². The standard InChI is InChI=1S/C16H19NO3/c1-2-20-16(19)14(17-10-6-7-11-17)12-15(18)13-8-4-3-5-9-13/h3-5,8-9,12H,2,6-7,10-11H2,1H3/b14-12+. The van der Waals surface area contributed by atoms with Crippen LogP contribution in [0.1, 0.15) is 30.1 Å². The van der Waals surface area contributed by atoms with E-state index < -0.39 is 5.97 Å². The highest BCUT2D eigenvalue weighted by atomic mass is 16.5. The summed E-state index contributed by atoms with van der Waals surface area (Å²) in [6, 6.07) is 8.95. The van der Waals surface area contributed by atoms with E-state index in [-0.39, 0.29) is 5.78 Å². The summed E-state index contributed by atoms with van der Waals surface area (Å²) in [6.45, 7) is 3.67. The lowest BCUT2D eigenvalue weighted by atomic mass is 10.1. The molecule has 1 aromatic rings. The van der Waals surface area contributed by atoms with Gasteiger partial charge in [0.05, 0.1) is 6.61 Å². The van der Waals surface area contributed by atoms with Gasteiger partial charge in [0.15, 0.2) is 5.78 Å². The lowest BCUT2D eigenvalue weighted by molar-refractivity contribution is -0.140. The van der Waals surface area contributed by atoms with Crippen LogP contribution >= 0.6 is 0 Å². The van der Waals surface area contributed by atoms with E-state index >= 15 is 0 Å². The lowest BCUT2D eigenvalue weighted by Crippen LogP contribution is -2.27. The molecule has 0 aliphatic carbocycles. The van der Waals surface area contributed by atoms with Crippen LogP contribution in [0, 0.1) is 0 Å². The molecular weight excluding hydrogens is 254 g/mol. The van der Waals surface area contributed by atoms with Crippen LogP contribution in [0.2, 0.25) is 0 Å². The fraction of sp³-hybridized carbons (Fsp3) is 0.375. The molecule has 1 aliphatic rings. The first-order valence-corrected chi connectivity index (χ1v) is 6.95. The Bertz CT molecular complexity index is 502. The van der Waals surface area contributed by atoms with E-state index in [1.165, 1.54) is 6.08 Å². The van der Waals surface area contributed by atoms with Crippen LogP contribution < -0.4 is 0 Å². The second-order valence-corrected chi connectivity index (χ2v) is 4.67. The van der Waals surface area contributed by atoms with E-state index in [1.54, 1.807) is 31.2 Å². The normalized spacial score (nSPS) is 15.2. The fourth-order valence-electron chi connectivity index (χ4n) is 2.25. The molecule has 0 bridgehead atoms. The number of hydrogen-bond donors (Lipinski definition) is 0. The third-order valence-electron chi connectivity index (χ3n) is 3.26. The highest BCUT2D eigenvalue weighted by Crippen LogP contribution is 2.17. The molecule has 106 valence electrons. The molecule has 1 saturated heterocycles. The number of ketones is 1. The number of carbonyl (C=O) groups excluding carboxylic acids is 2. The molecule has 0 spiro atoms. The zero-order valence-corrected chi connectivity index (χ0v) is 11.7. The summed E-state index contributed by atoms with van der Waals surface area (Å²) in [5, 5.41) is 0. The summed E-state index contributed by atoms with van der Waals surface area (Å²) in [5.74, 6) is -0.584. The summed E-state index contributed by atoms with van der Waals surface area (Å²) in [6.07, 6.45) is 3.48. The molecule has 0 atom stereocenters. The minimum atomic E-state index is -0.418. The highest BCUT2D eigenvalue weighted by Gasteiger charge is 2.23. The van der Waals surface area contributed by atoms with Crippen LogP contribution in [-0.4, -0.2) is 36.3 Å². The largest absolute Gasteiger partial charge is 0.461 e. The van der Waals surface area contributed by atoms with Gasteiger partial charge >= 0.3 is 5.97 Å². The van der Waals surface area contributed by atoms with Crippen molar-refractivity contribution in [3.05, 3.63) is 47.7 Å². The molecule has 0 radical (unpaired) electrons. The average Bonchev–Trinajstić information content (AvgIpc) is 2.99. The Kier molecular flexibility index (Phi) is 4.93. The number of carbonyl (C=O) groups is 2. The van der Waals surface area contributed by atoms with E-state index in [9.17, 15) is 9.59 Å². The van der Waals surface area contributed by atoms with Crippen molar-refractivity contribution in [3.8, 4) is 0 Å². The number of ether oxygens (including phenoxy) is 1. The Balaban J connectivity index is 2.23. The van der Waals surface area contributed by atoms with Gasteiger partial charge in [-0.1, -0.05) is 30.3 Å².